The summed E-state index contributed by atoms with van der Waals surface area (Å²) in [5, 5.41) is 0. The summed E-state index contributed by atoms with van der Waals surface area (Å²) in [6.07, 6.45) is 58.1. The number of hydrogen-bond acceptors (Lipinski definition) is 0. The molecule has 0 spiro atoms. The Morgan fingerprint density at radius 1 is 0.378 bits per heavy atom. The maximum Gasteiger partial charge on any atom is -0.0134 e. The number of aryl methyl sites for hydroxylation is 17. The van der Waals surface area contributed by atoms with E-state index in [1.807, 2.05) is 0 Å². The van der Waals surface area contributed by atoms with Gasteiger partial charge in [-0.1, -0.05) is 271 Å². The van der Waals surface area contributed by atoms with E-state index in [-0.39, 0.29) is 0 Å². The van der Waals surface area contributed by atoms with Gasteiger partial charge >= 0.3 is 0 Å². The molecule has 13 rings (SSSR count). The first kappa shape index (κ1) is 79.0. The number of benzene rings is 6. The first-order valence-corrected chi connectivity index (χ1v) is 42.3. The van der Waals surface area contributed by atoms with Crippen molar-refractivity contribution in [3.8, 4) is 0 Å². The van der Waals surface area contributed by atoms with Crippen LogP contribution < -0.4 is 0 Å². The van der Waals surface area contributed by atoms with Crippen molar-refractivity contribution in [1.29, 1.82) is 0 Å². The molecule has 0 radical (unpaired) electrons. The summed E-state index contributed by atoms with van der Waals surface area (Å²) >= 11 is 0. The Morgan fingerprint density at radius 2 is 0.888 bits per heavy atom. The molecule has 0 N–H and O–H groups in total. The van der Waals surface area contributed by atoms with Crippen molar-refractivity contribution in [1.82, 2.24) is 0 Å². The molecule has 0 saturated heterocycles. The maximum absolute atomic E-state index is 2.56. The van der Waals surface area contributed by atoms with Gasteiger partial charge in [-0.3, -0.25) is 0 Å². The molecule has 7 aliphatic carbocycles. The third-order valence-corrected chi connectivity index (χ3v) is 24.7. The standard InChI is InChI=1S/C22H36.C20H30.C16H24.2C14H20.C12H16/c1-4-19(5-2)16-18(3)10-8-6-7-9-11-20-12-13-21-14-15-22(21)17-20;1-2-3-5-10-20(17-8-6-4-7-9-17)19-14-12-16-11-13-18(16)15-19;1-4-7-8-16-14(6-3)12(5-2)11-13-9-10-15(13)16;1-14(2,3)9-8-11-4-5-12-6-7-13(12)10-11;1-3-4-5-6-12-9-11(2)14-8-7-13(14)10-12;1-3-4-10-8-12-6-5-11(12)7-9(10)2/h12-13,17-19H,4-11,14-16H2,1-3H3;12,14-15,17,20H,2-11,13H2,1H3;11H,4-10H2,1-3H3;4-5,10H,6-9H2,1-3H3;9-10H,3-8H2,1-2H3;7-8H,3-6H2,1-2H3. The zero-order chi connectivity index (χ0) is 69.8. The van der Waals surface area contributed by atoms with Crippen LogP contribution in [0.15, 0.2) is 84.9 Å². The van der Waals surface area contributed by atoms with E-state index in [0.717, 1.165) is 23.7 Å². The minimum atomic E-state index is 0.461. The number of hydrogen-bond donors (Lipinski definition) is 0. The topological polar surface area (TPSA) is 0 Å². The quantitative estimate of drug-likeness (QED) is 0.0394. The van der Waals surface area contributed by atoms with Crippen LogP contribution >= 0.6 is 0 Å². The molecule has 0 aliphatic heterocycles. The average molecular weight is 1320 g/mol. The third kappa shape index (κ3) is 24.0. The van der Waals surface area contributed by atoms with Crippen LogP contribution in [0.5, 0.6) is 0 Å². The molecule has 1 saturated carbocycles. The van der Waals surface area contributed by atoms with Crippen LogP contribution in [0.1, 0.15) is 365 Å². The van der Waals surface area contributed by atoms with E-state index in [2.05, 4.69) is 182 Å². The molecule has 0 heterocycles. The van der Waals surface area contributed by atoms with Gasteiger partial charge in [0.1, 0.15) is 0 Å². The molecule has 0 aromatic heterocycles. The van der Waals surface area contributed by atoms with E-state index in [1.54, 1.807) is 106 Å². The van der Waals surface area contributed by atoms with Crippen LogP contribution in [-0.2, 0) is 122 Å². The fourth-order valence-electron chi connectivity index (χ4n) is 17.4. The zero-order valence-corrected chi connectivity index (χ0v) is 66.3. The molecule has 0 nitrogen and oxygen atoms in total. The summed E-state index contributed by atoms with van der Waals surface area (Å²) in [7, 11) is 0. The summed E-state index contributed by atoms with van der Waals surface area (Å²) in [4.78, 5) is 0. The minimum absolute atomic E-state index is 0.461. The molecule has 538 valence electrons. The highest BCUT2D eigenvalue weighted by atomic mass is 14.3. The summed E-state index contributed by atoms with van der Waals surface area (Å²) in [5.74, 6) is 3.72. The highest BCUT2D eigenvalue weighted by Crippen LogP contribution is 2.41. The molecule has 98 heavy (non-hydrogen) atoms. The van der Waals surface area contributed by atoms with E-state index in [9.17, 15) is 0 Å². The van der Waals surface area contributed by atoms with Crippen molar-refractivity contribution < 1.29 is 0 Å². The van der Waals surface area contributed by atoms with Crippen LogP contribution in [-0.4, -0.2) is 0 Å². The Balaban J connectivity index is 0.000000152. The molecule has 6 aromatic rings. The lowest BCUT2D eigenvalue weighted by molar-refractivity contribution is 0.289. The van der Waals surface area contributed by atoms with Crippen molar-refractivity contribution in [3.05, 3.63) is 207 Å². The van der Waals surface area contributed by atoms with Crippen LogP contribution in [0, 0.1) is 37.0 Å². The van der Waals surface area contributed by atoms with Gasteiger partial charge in [-0.2, -0.15) is 0 Å². The van der Waals surface area contributed by atoms with Gasteiger partial charge in [0.25, 0.3) is 0 Å². The van der Waals surface area contributed by atoms with Gasteiger partial charge in [-0.15, -0.1) is 0 Å². The molecule has 6 aromatic carbocycles. The Bertz CT molecular complexity index is 3300. The van der Waals surface area contributed by atoms with E-state index < -0.39 is 0 Å². The molecule has 2 unspecified atom stereocenters. The third-order valence-electron chi connectivity index (χ3n) is 24.7. The minimum Gasteiger partial charge on any atom is -0.0654 e. The Morgan fingerprint density at radius 3 is 1.42 bits per heavy atom. The number of unbranched alkanes of at least 4 members (excludes halogenated alkanes) is 8. The van der Waals surface area contributed by atoms with Crippen LogP contribution in [0.3, 0.4) is 0 Å². The average Bonchev–Trinajstić information content (AvgIpc) is 0.794. The molecule has 0 bridgehead atoms. The van der Waals surface area contributed by atoms with Crippen molar-refractivity contribution in [2.24, 2.45) is 23.2 Å². The Hall–Kier alpha value is -4.68. The van der Waals surface area contributed by atoms with E-state index in [0.29, 0.717) is 5.41 Å². The lowest BCUT2D eigenvalue weighted by Crippen LogP contribution is -2.18. The van der Waals surface area contributed by atoms with Gasteiger partial charge in [0, 0.05) is 0 Å². The van der Waals surface area contributed by atoms with E-state index >= 15 is 0 Å². The van der Waals surface area contributed by atoms with Gasteiger partial charge in [-0.05, 0) is 339 Å². The van der Waals surface area contributed by atoms with Crippen LogP contribution in [0.2, 0.25) is 0 Å². The summed E-state index contributed by atoms with van der Waals surface area (Å²) < 4.78 is 0. The lowest BCUT2D eigenvalue weighted by atomic mass is 9.73. The zero-order valence-electron chi connectivity index (χ0n) is 66.3. The molecule has 0 amide bonds. The molecule has 7 aliphatic rings. The molecule has 0 heteroatoms. The first-order chi connectivity index (χ1) is 47.6. The second-order valence-corrected chi connectivity index (χ2v) is 33.5. The highest BCUT2D eigenvalue weighted by Gasteiger charge is 2.27. The summed E-state index contributed by atoms with van der Waals surface area (Å²) in [6, 6.07) is 33.7. The van der Waals surface area contributed by atoms with Gasteiger partial charge in [0.15, 0.2) is 0 Å². The Labute approximate surface area is 605 Å². The normalized spacial score (nSPS) is 15.4. The van der Waals surface area contributed by atoms with Crippen molar-refractivity contribution in [2.45, 2.75) is 379 Å². The van der Waals surface area contributed by atoms with Crippen molar-refractivity contribution >= 4 is 0 Å². The van der Waals surface area contributed by atoms with E-state index in [1.165, 1.54) is 293 Å². The van der Waals surface area contributed by atoms with Crippen LogP contribution in [0.4, 0.5) is 0 Å². The molecule has 1 fully saturated rings. The van der Waals surface area contributed by atoms with Crippen molar-refractivity contribution in [2.75, 3.05) is 0 Å². The SMILES string of the molecule is CC(C)(C)CCc1ccc2c(c1)CC2.CCC(CC)CC(C)CCCCCCc1ccc2c(c1)CC2.CCCCCC(c1ccc2c(c1)CC2)C1CCCCC1.CCCCCc1cc(C)c2c(c1)CC2.CCCCc1c(CC)c(CC)cc2c1CC2.CCCc1cc2c(cc1C)CC2. The van der Waals surface area contributed by atoms with Crippen molar-refractivity contribution in [3.63, 3.8) is 0 Å². The number of fused-ring (bicyclic) bond motifs is 6. The highest BCUT2D eigenvalue weighted by molar-refractivity contribution is 5.51. The van der Waals surface area contributed by atoms with Gasteiger partial charge in [0.2, 0.25) is 0 Å². The second kappa shape index (κ2) is 41.4. The Kier molecular flexibility index (Phi) is 33.4. The maximum atomic E-state index is 2.56. The predicted octanol–water partition coefficient (Wildman–Crippen LogP) is 27.7. The summed E-state index contributed by atoms with van der Waals surface area (Å²) in [6.45, 7) is 32.3. The molecule has 2 atom stereocenters. The van der Waals surface area contributed by atoms with E-state index in [4.69, 9.17) is 0 Å². The van der Waals surface area contributed by atoms with Gasteiger partial charge in [0.05, 0.1) is 0 Å². The molecular formula is C98H146. The fraction of sp³-hybridized carbons (Fsp3) is 0.633. The summed E-state index contributed by atoms with van der Waals surface area (Å²) in [5.41, 5.74) is 35.9. The lowest BCUT2D eigenvalue weighted by Gasteiger charge is -2.32. The smallest absolute Gasteiger partial charge is 0.0134 e. The first-order valence-electron chi connectivity index (χ1n) is 42.3. The molecular weight excluding hydrogens is 1180 g/mol. The van der Waals surface area contributed by atoms with Gasteiger partial charge < -0.3 is 0 Å². The largest absolute Gasteiger partial charge is 0.0654 e. The monoisotopic (exact) mass is 1320 g/mol. The predicted molar refractivity (Wildman–Crippen MR) is 433 cm³/mol. The second-order valence-electron chi connectivity index (χ2n) is 33.5. The van der Waals surface area contributed by atoms with Crippen LogP contribution in [0.25, 0.3) is 0 Å². The number of rotatable bonds is 30. The van der Waals surface area contributed by atoms with Gasteiger partial charge in [-0.25, -0.2) is 0 Å². The fourth-order valence-corrected chi connectivity index (χ4v) is 17.4.